The maximum absolute atomic E-state index is 12.2. The molecule has 0 radical (unpaired) electrons. The molecule has 7 nitrogen and oxygen atoms in total. The van der Waals surface area contributed by atoms with Gasteiger partial charge in [-0.3, -0.25) is 14.3 Å². The number of aliphatic hydroxyl groups excluding tert-OH is 1. The third-order valence-corrected chi connectivity index (χ3v) is 2.06. The molecular weight excluding hydrogens is 269 g/mol. The number of halogens is 3. The van der Waals surface area contributed by atoms with Crippen LogP contribution in [-0.2, 0) is 22.3 Å². The normalized spacial score (nSPS) is 13.1. The molecule has 4 N–H and O–H groups in total. The van der Waals surface area contributed by atoms with E-state index < -0.39 is 42.9 Å². The number of nitrogens with one attached hydrogen (secondary N) is 1. The summed E-state index contributed by atoms with van der Waals surface area (Å²) >= 11 is 0. The Hall–Kier alpha value is -2.10. The standard InChI is InChI=1S/C9H11F3N4O3/c10-9(11,12)6-1-2-16(15-6)4-7(18)14-3-5(17)8(13)19/h1-2,5,17H,3-4H2,(H2,13,19)(H,14,18). The summed E-state index contributed by atoms with van der Waals surface area (Å²) < 4.78 is 37.4. The zero-order valence-corrected chi connectivity index (χ0v) is 9.52. The van der Waals surface area contributed by atoms with Crippen molar-refractivity contribution in [3.8, 4) is 0 Å². The fraction of sp³-hybridized carbons (Fsp3) is 0.444. The monoisotopic (exact) mass is 280 g/mol. The number of nitrogens with two attached hydrogens (primary N) is 1. The third-order valence-electron chi connectivity index (χ3n) is 2.06. The van der Waals surface area contributed by atoms with Crippen LogP contribution in [0.4, 0.5) is 13.2 Å². The first-order valence-corrected chi connectivity index (χ1v) is 5.05. The summed E-state index contributed by atoms with van der Waals surface area (Å²) in [6.07, 6.45) is -5.14. The largest absolute Gasteiger partial charge is 0.435 e. The van der Waals surface area contributed by atoms with Gasteiger partial charge < -0.3 is 16.2 Å². The van der Waals surface area contributed by atoms with E-state index in [0.29, 0.717) is 0 Å². The first-order valence-electron chi connectivity index (χ1n) is 5.05. The summed E-state index contributed by atoms with van der Waals surface area (Å²) in [5.41, 5.74) is 3.63. The van der Waals surface area contributed by atoms with Crippen molar-refractivity contribution in [3.05, 3.63) is 18.0 Å². The van der Waals surface area contributed by atoms with Gasteiger partial charge in [-0.25, -0.2) is 0 Å². The van der Waals surface area contributed by atoms with E-state index >= 15 is 0 Å². The summed E-state index contributed by atoms with van der Waals surface area (Å²) in [6, 6.07) is 0.728. The Morgan fingerprint density at radius 1 is 1.53 bits per heavy atom. The Morgan fingerprint density at radius 2 is 2.16 bits per heavy atom. The van der Waals surface area contributed by atoms with Crippen LogP contribution in [0.15, 0.2) is 12.3 Å². The molecule has 2 amide bonds. The van der Waals surface area contributed by atoms with Crippen molar-refractivity contribution in [2.45, 2.75) is 18.8 Å². The molecule has 0 saturated heterocycles. The zero-order valence-electron chi connectivity index (χ0n) is 9.52. The Morgan fingerprint density at radius 3 is 2.63 bits per heavy atom. The molecule has 0 aromatic carbocycles. The SMILES string of the molecule is NC(=O)C(O)CNC(=O)Cn1ccc(C(F)(F)F)n1. The fourth-order valence-electron chi connectivity index (χ4n) is 1.12. The topological polar surface area (TPSA) is 110 Å². The molecule has 10 heteroatoms. The molecular formula is C9H11F3N4O3. The maximum Gasteiger partial charge on any atom is 0.435 e. The van der Waals surface area contributed by atoms with E-state index in [1.54, 1.807) is 0 Å². The lowest BCUT2D eigenvalue weighted by molar-refractivity contribution is -0.141. The van der Waals surface area contributed by atoms with Crippen LogP contribution < -0.4 is 11.1 Å². The minimum Gasteiger partial charge on any atom is -0.381 e. The lowest BCUT2D eigenvalue weighted by atomic mass is 10.3. The van der Waals surface area contributed by atoms with E-state index in [4.69, 9.17) is 10.8 Å². The molecule has 0 fully saturated rings. The van der Waals surface area contributed by atoms with Gasteiger partial charge in [0.15, 0.2) is 5.69 Å². The quantitative estimate of drug-likeness (QED) is 0.633. The molecule has 0 aliphatic carbocycles. The van der Waals surface area contributed by atoms with Crippen molar-refractivity contribution in [1.82, 2.24) is 15.1 Å². The van der Waals surface area contributed by atoms with E-state index in [1.807, 2.05) is 0 Å². The fourth-order valence-corrected chi connectivity index (χ4v) is 1.12. The van der Waals surface area contributed by atoms with Crippen molar-refractivity contribution >= 4 is 11.8 Å². The van der Waals surface area contributed by atoms with Crippen LogP contribution in [0.25, 0.3) is 0 Å². The molecule has 0 spiro atoms. The predicted octanol–water partition coefficient (Wildman–Crippen LogP) is -1.14. The van der Waals surface area contributed by atoms with Crippen molar-refractivity contribution in [1.29, 1.82) is 0 Å². The van der Waals surface area contributed by atoms with Gasteiger partial charge in [-0.15, -0.1) is 0 Å². The number of hydrogen-bond donors (Lipinski definition) is 3. The number of aromatic nitrogens is 2. The number of carbonyl (C=O) groups excluding carboxylic acids is 2. The Bertz CT molecular complexity index is 472. The van der Waals surface area contributed by atoms with Gasteiger partial charge in [-0.1, -0.05) is 0 Å². The molecule has 106 valence electrons. The van der Waals surface area contributed by atoms with Crippen LogP contribution in [0, 0.1) is 0 Å². The van der Waals surface area contributed by atoms with E-state index in [9.17, 15) is 22.8 Å². The molecule has 0 saturated carbocycles. The highest BCUT2D eigenvalue weighted by Gasteiger charge is 2.33. The van der Waals surface area contributed by atoms with Crippen LogP contribution >= 0.6 is 0 Å². The van der Waals surface area contributed by atoms with Crippen LogP contribution in [-0.4, -0.2) is 39.4 Å². The van der Waals surface area contributed by atoms with Crippen molar-refractivity contribution in [2.75, 3.05) is 6.54 Å². The molecule has 0 aliphatic rings. The Labute approximate surface area is 105 Å². The van der Waals surface area contributed by atoms with Gasteiger partial charge in [0, 0.05) is 6.20 Å². The van der Waals surface area contributed by atoms with Gasteiger partial charge in [-0.2, -0.15) is 18.3 Å². The molecule has 1 rings (SSSR count). The number of hydrogen-bond acceptors (Lipinski definition) is 4. The number of rotatable bonds is 5. The highest BCUT2D eigenvalue weighted by Crippen LogP contribution is 2.27. The smallest absolute Gasteiger partial charge is 0.381 e. The average Bonchev–Trinajstić information content (AvgIpc) is 2.73. The minimum absolute atomic E-state index is 0.415. The van der Waals surface area contributed by atoms with Gasteiger partial charge in [0.1, 0.15) is 12.6 Å². The lowest BCUT2D eigenvalue weighted by Gasteiger charge is -2.08. The molecule has 19 heavy (non-hydrogen) atoms. The van der Waals surface area contributed by atoms with Crippen LogP contribution in [0.5, 0.6) is 0 Å². The number of alkyl halides is 3. The molecule has 0 aliphatic heterocycles. The highest BCUT2D eigenvalue weighted by molar-refractivity contribution is 5.80. The first-order chi connectivity index (χ1) is 8.70. The average molecular weight is 280 g/mol. The Kier molecular flexibility index (Phi) is 4.48. The van der Waals surface area contributed by atoms with Gasteiger partial charge in [0.25, 0.3) is 0 Å². The second-order valence-electron chi connectivity index (χ2n) is 3.62. The van der Waals surface area contributed by atoms with Gasteiger partial charge >= 0.3 is 6.18 Å². The van der Waals surface area contributed by atoms with E-state index in [0.717, 1.165) is 16.9 Å². The third kappa shape index (κ3) is 4.58. The van der Waals surface area contributed by atoms with Gasteiger partial charge in [0.05, 0.1) is 6.54 Å². The van der Waals surface area contributed by atoms with Crippen LogP contribution in [0.2, 0.25) is 0 Å². The maximum atomic E-state index is 12.2. The van der Waals surface area contributed by atoms with E-state index in [1.165, 1.54) is 0 Å². The summed E-state index contributed by atoms with van der Waals surface area (Å²) in [7, 11) is 0. The molecule has 1 heterocycles. The summed E-state index contributed by atoms with van der Waals surface area (Å²) in [6.45, 7) is -0.886. The number of nitrogens with zero attached hydrogens (tertiary/aromatic N) is 2. The van der Waals surface area contributed by atoms with Crippen LogP contribution in [0.3, 0.4) is 0 Å². The molecule has 1 unspecified atom stereocenters. The second-order valence-corrected chi connectivity index (χ2v) is 3.62. The Balaban J connectivity index is 2.49. The number of carbonyl (C=O) groups is 2. The van der Waals surface area contributed by atoms with Crippen molar-refractivity contribution in [2.24, 2.45) is 5.73 Å². The second kappa shape index (κ2) is 5.69. The number of aliphatic hydroxyl groups is 1. The summed E-state index contributed by atoms with van der Waals surface area (Å²) in [5, 5.41) is 14.3. The van der Waals surface area contributed by atoms with Crippen LogP contribution in [0.1, 0.15) is 5.69 Å². The first kappa shape index (κ1) is 15.0. The van der Waals surface area contributed by atoms with Crippen molar-refractivity contribution in [3.63, 3.8) is 0 Å². The molecule has 1 aromatic rings. The van der Waals surface area contributed by atoms with E-state index in [-0.39, 0.29) is 0 Å². The summed E-state index contributed by atoms with van der Waals surface area (Å²) in [4.78, 5) is 21.7. The summed E-state index contributed by atoms with van der Waals surface area (Å²) in [5.74, 6) is -1.73. The molecule has 0 bridgehead atoms. The number of primary amides is 1. The van der Waals surface area contributed by atoms with Crippen molar-refractivity contribution < 1.29 is 27.9 Å². The predicted molar refractivity (Wildman–Crippen MR) is 55.4 cm³/mol. The molecule has 1 aromatic heterocycles. The zero-order chi connectivity index (χ0) is 14.6. The molecule has 1 atom stereocenters. The highest BCUT2D eigenvalue weighted by atomic mass is 19.4. The number of amides is 2. The van der Waals surface area contributed by atoms with E-state index in [2.05, 4.69) is 10.4 Å². The van der Waals surface area contributed by atoms with Gasteiger partial charge in [0.2, 0.25) is 11.8 Å². The van der Waals surface area contributed by atoms with Gasteiger partial charge in [-0.05, 0) is 6.07 Å². The minimum atomic E-state index is -4.58. The lowest BCUT2D eigenvalue weighted by Crippen LogP contribution is -2.41.